The van der Waals surface area contributed by atoms with Gasteiger partial charge in [0.25, 0.3) is 11.4 Å². The highest BCUT2D eigenvalue weighted by molar-refractivity contribution is 7.81. The highest BCUT2D eigenvalue weighted by Crippen LogP contribution is 2.19. The number of nitrogens with one attached hydrogen (secondary N) is 4. The van der Waals surface area contributed by atoms with Crippen molar-refractivity contribution in [2.45, 2.75) is 6.42 Å². The molecule has 0 heterocycles. The minimum Gasteiger partial charge on any atom is -0.332 e. The Morgan fingerprint density at radius 2 is 0.769 bits per heavy atom. The molecule has 39 heavy (non-hydrogen) atoms. The highest BCUT2D eigenvalue weighted by atomic mass is 32.1. The number of nitro benzene ring substituents is 2. The van der Waals surface area contributed by atoms with E-state index < -0.39 is 9.85 Å². The summed E-state index contributed by atoms with van der Waals surface area (Å²) in [5.74, 6) is 0. The molecule has 4 aromatic carbocycles. The Kier molecular flexibility index (Phi) is 8.71. The number of anilines is 4. The Labute approximate surface area is 234 Å². The number of hydrogen-bond donors (Lipinski definition) is 4. The minimum atomic E-state index is -0.452. The van der Waals surface area contributed by atoms with Crippen LogP contribution < -0.4 is 21.3 Å². The van der Waals surface area contributed by atoms with Crippen molar-refractivity contribution >= 4 is 68.8 Å². The van der Waals surface area contributed by atoms with Gasteiger partial charge >= 0.3 is 0 Å². The normalized spacial score (nSPS) is 10.3. The lowest BCUT2D eigenvalue weighted by molar-refractivity contribution is -0.385. The molecule has 12 heteroatoms. The van der Waals surface area contributed by atoms with Gasteiger partial charge in [0.15, 0.2) is 10.2 Å². The van der Waals surface area contributed by atoms with E-state index in [0.717, 1.165) is 28.9 Å². The number of nitrogens with zero attached hydrogens (tertiary/aromatic N) is 2. The van der Waals surface area contributed by atoms with Crippen molar-refractivity contribution in [3.8, 4) is 0 Å². The standard InChI is InChI=1S/C27H22N6O4S2/c34-32(35)24-13-9-22(10-14-24)30-26(38)28-20-5-1-18(2-6-20)17-19-3-7-21(8-4-19)29-27(39)31-23-11-15-25(16-12-23)33(36)37/h1-16H,17H2,(H2,28,30,38)(H2,29,31,39). The summed E-state index contributed by atoms with van der Waals surface area (Å²) in [6.45, 7) is 0. The number of nitro groups is 2. The second kappa shape index (κ2) is 12.5. The molecule has 0 unspecified atom stereocenters. The van der Waals surface area contributed by atoms with Gasteiger partial charge in [0.1, 0.15) is 0 Å². The lowest BCUT2D eigenvalue weighted by Crippen LogP contribution is -2.19. The predicted molar refractivity (Wildman–Crippen MR) is 162 cm³/mol. The zero-order chi connectivity index (χ0) is 27.8. The molecule has 4 N–H and O–H groups in total. The van der Waals surface area contributed by atoms with Gasteiger partial charge in [-0.05, 0) is 90.5 Å². The molecule has 0 spiro atoms. The molecule has 0 bridgehead atoms. The third kappa shape index (κ3) is 8.02. The quantitative estimate of drug-likeness (QED) is 0.105. The molecule has 4 rings (SSSR count). The molecule has 0 radical (unpaired) electrons. The molecule has 0 aliphatic rings. The fourth-order valence-corrected chi connectivity index (χ4v) is 4.04. The van der Waals surface area contributed by atoms with Gasteiger partial charge in [-0.1, -0.05) is 24.3 Å². The van der Waals surface area contributed by atoms with Crippen molar-refractivity contribution < 1.29 is 9.85 Å². The predicted octanol–water partition coefficient (Wildman–Crippen LogP) is 6.71. The van der Waals surface area contributed by atoms with Crippen LogP contribution in [-0.2, 0) is 6.42 Å². The smallest absolute Gasteiger partial charge is 0.269 e. The summed E-state index contributed by atoms with van der Waals surface area (Å²) in [5.41, 5.74) is 5.18. The first-order valence-electron chi connectivity index (χ1n) is 11.6. The molecule has 4 aromatic rings. The summed E-state index contributed by atoms with van der Waals surface area (Å²) >= 11 is 10.7. The van der Waals surface area contributed by atoms with Gasteiger partial charge in [0.2, 0.25) is 0 Å². The lowest BCUT2D eigenvalue weighted by atomic mass is 10.0. The van der Waals surface area contributed by atoms with Crippen molar-refractivity contribution in [1.29, 1.82) is 0 Å². The van der Waals surface area contributed by atoms with Gasteiger partial charge in [0, 0.05) is 47.0 Å². The van der Waals surface area contributed by atoms with Crippen LogP contribution in [0.1, 0.15) is 11.1 Å². The minimum absolute atomic E-state index is 0.0149. The molecule has 0 saturated carbocycles. The van der Waals surface area contributed by atoms with E-state index in [1.807, 2.05) is 48.5 Å². The van der Waals surface area contributed by atoms with Crippen LogP contribution in [0.25, 0.3) is 0 Å². The average molecular weight is 559 g/mol. The maximum absolute atomic E-state index is 10.8. The van der Waals surface area contributed by atoms with Crippen molar-refractivity contribution in [2.24, 2.45) is 0 Å². The van der Waals surface area contributed by atoms with Gasteiger partial charge in [-0.25, -0.2) is 0 Å². The Morgan fingerprint density at radius 3 is 1.03 bits per heavy atom. The van der Waals surface area contributed by atoms with Crippen LogP contribution in [0, 0.1) is 20.2 Å². The van der Waals surface area contributed by atoms with Crippen LogP contribution in [0.4, 0.5) is 34.1 Å². The topological polar surface area (TPSA) is 134 Å². The number of benzene rings is 4. The zero-order valence-electron chi connectivity index (χ0n) is 20.3. The van der Waals surface area contributed by atoms with E-state index in [1.165, 1.54) is 24.3 Å². The van der Waals surface area contributed by atoms with Crippen molar-refractivity contribution in [2.75, 3.05) is 21.3 Å². The number of hydrogen-bond acceptors (Lipinski definition) is 6. The van der Waals surface area contributed by atoms with Crippen LogP contribution in [0.5, 0.6) is 0 Å². The molecule has 0 amide bonds. The molecule has 10 nitrogen and oxygen atoms in total. The third-order valence-electron chi connectivity index (χ3n) is 5.50. The summed E-state index contributed by atoms with van der Waals surface area (Å²) in [4.78, 5) is 20.6. The summed E-state index contributed by atoms with van der Waals surface area (Å²) in [5, 5.41) is 34.5. The van der Waals surface area contributed by atoms with Crippen molar-refractivity contribution in [3.05, 3.63) is 128 Å². The molecule has 0 saturated heterocycles. The Bertz CT molecular complexity index is 1380. The molecule has 196 valence electrons. The van der Waals surface area contributed by atoms with E-state index in [2.05, 4.69) is 21.3 Å². The van der Waals surface area contributed by atoms with E-state index in [9.17, 15) is 20.2 Å². The zero-order valence-corrected chi connectivity index (χ0v) is 21.9. The first kappa shape index (κ1) is 27.1. The Balaban J connectivity index is 1.25. The summed E-state index contributed by atoms with van der Waals surface area (Å²) in [6, 6.07) is 27.8. The highest BCUT2D eigenvalue weighted by Gasteiger charge is 2.07. The maximum atomic E-state index is 10.8. The molecular formula is C27H22N6O4S2. The summed E-state index contributed by atoms with van der Waals surface area (Å²) in [7, 11) is 0. The summed E-state index contributed by atoms with van der Waals surface area (Å²) < 4.78 is 0. The average Bonchev–Trinajstić information content (AvgIpc) is 2.91. The molecule has 0 aliphatic carbocycles. The van der Waals surface area contributed by atoms with Crippen LogP contribution in [-0.4, -0.2) is 20.1 Å². The van der Waals surface area contributed by atoms with Crippen molar-refractivity contribution in [3.63, 3.8) is 0 Å². The first-order valence-corrected chi connectivity index (χ1v) is 12.4. The second-order valence-corrected chi connectivity index (χ2v) is 9.15. The van der Waals surface area contributed by atoms with Crippen LogP contribution in [0.2, 0.25) is 0 Å². The maximum Gasteiger partial charge on any atom is 0.269 e. The van der Waals surface area contributed by atoms with E-state index in [-0.39, 0.29) is 11.4 Å². The van der Waals surface area contributed by atoms with Gasteiger partial charge < -0.3 is 21.3 Å². The third-order valence-corrected chi connectivity index (χ3v) is 5.91. The van der Waals surface area contributed by atoms with Crippen LogP contribution in [0.3, 0.4) is 0 Å². The van der Waals surface area contributed by atoms with Crippen molar-refractivity contribution in [1.82, 2.24) is 0 Å². The van der Waals surface area contributed by atoms with Gasteiger partial charge in [0.05, 0.1) is 9.85 Å². The number of rotatable bonds is 8. The van der Waals surface area contributed by atoms with E-state index >= 15 is 0 Å². The summed E-state index contributed by atoms with van der Waals surface area (Å²) in [6.07, 6.45) is 0.734. The molecule has 0 aromatic heterocycles. The van der Waals surface area contributed by atoms with Gasteiger partial charge in [-0.15, -0.1) is 0 Å². The van der Waals surface area contributed by atoms with E-state index in [1.54, 1.807) is 24.3 Å². The monoisotopic (exact) mass is 558 g/mol. The SMILES string of the molecule is O=[N+]([O-])c1ccc(NC(=S)Nc2ccc(Cc3ccc(NC(=S)Nc4ccc([N+](=O)[O-])cc4)cc3)cc2)cc1. The van der Waals surface area contributed by atoms with Gasteiger partial charge in [-0.3, -0.25) is 20.2 Å². The Hall–Kier alpha value is -4.94. The lowest BCUT2D eigenvalue weighted by Gasteiger charge is -2.12. The molecule has 0 atom stereocenters. The fraction of sp³-hybridized carbons (Fsp3) is 0.0370. The number of non-ortho nitro benzene ring substituents is 2. The fourth-order valence-electron chi connectivity index (χ4n) is 3.57. The van der Waals surface area contributed by atoms with E-state index in [0.29, 0.717) is 21.6 Å². The molecular weight excluding hydrogens is 536 g/mol. The second-order valence-electron chi connectivity index (χ2n) is 8.34. The number of thiocarbonyl (C=S) groups is 2. The van der Waals surface area contributed by atoms with Gasteiger partial charge in [-0.2, -0.15) is 0 Å². The molecule has 0 aliphatic heterocycles. The molecule has 0 fully saturated rings. The van der Waals surface area contributed by atoms with Crippen LogP contribution in [0.15, 0.2) is 97.1 Å². The van der Waals surface area contributed by atoms with Crippen LogP contribution >= 0.6 is 24.4 Å². The van der Waals surface area contributed by atoms with E-state index in [4.69, 9.17) is 24.4 Å². The first-order chi connectivity index (χ1) is 18.7. The largest absolute Gasteiger partial charge is 0.332 e. The Morgan fingerprint density at radius 1 is 0.513 bits per heavy atom.